The van der Waals surface area contributed by atoms with Gasteiger partial charge in [0.05, 0.1) is 20.2 Å². The zero-order valence-corrected chi connectivity index (χ0v) is 19.7. The van der Waals surface area contributed by atoms with Crippen LogP contribution in [0, 0.1) is 0 Å². The average Bonchev–Trinajstić information content (AvgIpc) is 2.82. The summed E-state index contributed by atoms with van der Waals surface area (Å²) in [4.78, 5) is 14.2. The number of benzene rings is 1. The SMILES string of the molecule is CCNC(=NCc1cccnc1N1CCN(C)CC1)NCC(C)Oc1cccc(OC)c1. The summed E-state index contributed by atoms with van der Waals surface area (Å²) in [6, 6.07) is 11.7. The molecule has 1 fully saturated rings. The standard InChI is InChI=1S/C24H36N6O2/c1-5-25-24(27-17-19(2)32-22-10-6-9-21(16-22)31-4)28-18-20-8-7-11-26-23(20)30-14-12-29(3)13-15-30/h6-11,16,19H,5,12-15,17-18H2,1-4H3,(H2,25,27,28). The molecule has 3 rings (SSSR count). The van der Waals surface area contributed by atoms with E-state index in [1.807, 2.05) is 43.5 Å². The quantitative estimate of drug-likeness (QED) is 0.458. The van der Waals surface area contributed by atoms with Crippen molar-refractivity contribution in [3.63, 3.8) is 0 Å². The number of likely N-dealkylation sites (N-methyl/N-ethyl adjacent to an activating group) is 1. The number of guanidine groups is 1. The van der Waals surface area contributed by atoms with E-state index in [0.717, 1.165) is 61.6 Å². The highest BCUT2D eigenvalue weighted by Crippen LogP contribution is 2.20. The van der Waals surface area contributed by atoms with Crippen LogP contribution in [0.15, 0.2) is 47.6 Å². The highest BCUT2D eigenvalue weighted by atomic mass is 16.5. The van der Waals surface area contributed by atoms with E-state index in [9.17, 15) is 0 Å². The Labute approximate surface area is 191 Å². The number of anilines is 1. The van der Waals surface area contributed by atoms with Gasteiger partial charge in [-0.2, -0.15) is 0 Å². The number of aliphatic imine (C=N–C) groups is 1. The first-order chi connectivity index (χ1) is 15.6. The number of hydrogen-bond acceptors (Lipinski definition) is 6. The normalized spacial score (nSPS) is 15.9. The Morgan fingerprint density at radius 3 is 2.66 bits per heavy atom. The van der Waals surface area contributed by atoms with Crippen molar-refractivity contribution in [2.75, 3.05) is 58.3 Å². The number of piperazine rings is 1. The lowest BCUT2D eigenvalue weighted by Gasteiger charge is -2.34. The van der Waals surface area contributed by atoms with Gasteiger partial charge in [0.2, 0.25) is 0 Å². The fourth-order valence-corrected chi connectivity index (χ4v) is 3.55. The molecule has 1 atom stereocenters. The highest BCUT2D eigenvalue weighted by Gasteiger charge is 2.18. The van der Waals surface area contributed by atoms with Crippen molar-refractivity contribution in [3.8, 4) is 11.5 Å². The minimum absolute atomic E-state index is 0.0368. The highest BCUT2D eigenvalue weighted by molar-refractivity contribution is 5.79. The Balaban J connectivity index is 1.59. The van der Waals surface area contributed by atoms with E-state index < -0.39 is 0 Å². The maximum atomic E-state index is 6.01. The molecule has 2 N–H and O–H groups in total. The molecule has 0 saturated carbocycles. The van der Waals surface area contributed by atoms with Crippen LogP contribution in [0.3, 0.4) is 0 Å². The van der Waals surface area contributed by atoms with Crippen LogP contribution in [0.1, 0.15) is 19.4 Å². The summed E-state index contributed by atoms with van der Waals surface area (Å²) in [6.07, 6.45) is 1.83. The summed E-state index contributed by atoms with van der Waals surface area (Å²) in [5.41, 5.74) is 1.13. The molecule has 0 amide bonds. The third-order valence-corrected chi connectivity index (χ3v) is 5.36. The largest absolute Gasteiger partial charge is 0.497 e. The van der Waals surface area contributed by atoms with E-state index >= 15 is 0 Å². The molecular formula is C24H36N6O2. The maximum absolute atomic E-state index is 6.01. The number of rotatable bonds is 9. The third-order valence-electron chi connectivity index (χ3n) is 5.36. The Kier molecular flexibility index (Phi) is 8.98. The van der Waals surface area contributed by atoms with Crippen LogP contribution in [0.2, 0.25) is 0 Å². The molecule has 0 bridgehead atoms. The van der Waals surface area contributed by atoms with E-state index in [1.165, 1.54) is 0 Å². The second kappa shape index (κ2) is 12.1. The minimum Gasteiger partial charge on any atom is -0.497 e. The molecular weight excluding hydrogens is 404 g/mol. The van der Waals surface area contributed by atoms with Crippen LogP contribution in [0.5, 0.6) is 11.5 Å². The van der Waals surface area contributed by atoms with Gasteiger partial charge in [-0.15, -0.1) is 0 Å². The predicted molar refractivity (Wildman–Crippen MR) is 130 cm³/mol. The fourth-order valence-electron chi connectivity index (χ4n) is 3.55. The summed E-state index contributed by atoms with van der Waals surface area (Å²) in [6.45, 7) is 10.1. The van der Waals surface area contributed by atoms with Gasteiger partial charge in [-0.1, -0.05) is 12.1 Å². The summed E-state index contributed by atoms with van der Waals surface area (Å²) in [7, 11) is 3.81. The number of pyridine rings is 1. The number of nitrogens with one attached hydrogen (secondary N) is 2. The molecule has 1 saturated heterocycles. The maximum Gasteiger partial charge on any atom is 0.191 e. The van der Waals surface area contributed by atoms with Crippen LogP contribution in [0.4, 0.5) is 5.82 Å². The summed E-state index contributed by atoms with van der Waals surface area (Å²) < 4.78 is 11.3. The number of methoxy groups -OCH3 is 1. The zero-order chi connectivity index (χ0) is 22.8. The van der Waals surface area contributed by atoms with Crippen LogP contribution >= 0.6 is 0 Å². The van der Waals surface area contributed by atoms with E-state index in [-0.39, 0.29) is 6.10 Å². The summed E-state index contributed by atoms with van der Waals surface area (Å²) in [5.74, 6) is 3.37. The number of hydrogen-bond donors (Lipinski definition) is 2. The molecule has 1 aliphatic heterocycles. The fraction of sp³-hybridized carbons (Fsp3) is 0.500. The van der Waals surface area contributed by atoms with Crippen molar-refractivity contribution < 1.29 is 9.47 Å². The molecule has 2 heterocycles. The molecule has 2 aromatic rings. The van der Waals surface area contributed by atoms with Crippen molar-refractivity contribution in [1.82, 2.24) is 20.5 Å². The van der Waals surface area contributed by atoms with E-state index in [1.54, 1.807) is 7.11 Å². The first kappa shape index (κ1) is 23.7. The molecule has 1 unspecified atom stereocenters. The molecule has 0 spiro atoms. The van der Waals surface area contributed by atoms with Gasteiger partial charge in [0.15, 0.2) is 5.96 Å². The van der Waals surface area contributed by atoms with Crippen LogP contribution in [-0.2, 0) is 6.54 Å². The van der Waals surface area contributed by atoms with Gasteiger partial charge in [-0.25, -0.2) is 9.98 Å². The van der Waals surface area contributed by atoms with Gasteiger partial charge < -0.3 is 29.9 Å². The molecule has 32 heavy (non-hydrogen) atoms. The van der Waals surface area contributed by atoms with Crippen LogP contribution in [-0.4, -0.2) is 75.4 Å². The van der Waals surface area contributed by atoms with Crippen molar-refractivity contribution in [3.05, 3.63) is 48.2 Å². The zero-order valence-electron chi connectivity index (χ0n) is 19.7. The molecule has 8 heteroatoms. The van der Waals surface area contributed by atoms with Gasteiger partial charge in [0.25, 0.3) is 0 Å². The van der Waals surface area contributed by atoms with Gasteiger partial charge in [-0.3, -0.25) is 0 Å². The van der Waals surface area contributed by atoms with Crippen molar-refractivity contribution in [1.29, 1.82) is 0 Å². The Bertz CT molecular complexity index is 867. The Morgan fingerprint density at radius 1 is 1.12 bits per heavy atom. The second-order valence-electron chi connectivity index (χ2n) is 7.96. The third kappa shape index (κ3) is 7.02. The lowest BCUT2D eigenvalue weighted by atomic mass is 10.2. The monoisotopic (exact) mass is 440 g/mol. The Hall–Kier alpha value is -3.00. The molecule has 1 aromatic heterocycles. The van der Waals surface area contributed by atoms with E-state index in [0.29, 0.717) is 13.1 Å². The lowest BCUT2D eigenvalue weighted by molar-refractivity contribution is 0.223. The minimum atomic E-state index is -0.0368. The average molecular weight is 441 g/mol. The van der Waals surface area contributed by atoms with Gasteiger partial charge in [0, 0.05) is 50.6 Å². The molecule has 1 aromatic carbocycles. The van der Waals surface area contributed by atoms with Crippen molar-refractivity contribution >= 4 is 11.8 Å². The lowest BCUT2D eigenvalue weighted by Crippen LogP contribution is -2.45. The smallest absolute Gasteiger partial charge is 0.191 e. The van der Waals surface area contributed by atoms with Gasteiger partial charge >= 0.3 is 0 Å². The molecule has 174 valence electrons. The molecule has 1 aliphatic rings. The predicted octanol–water partition coefficient (Wildman–Crippen LogP) is 2.36. The van der Waals surface area contributed by atoms with Crippen molar-refractivity contribution in [2.45, 2.75) is 26.5 Å². The van der Waals surface area contributed by atoms with Gasteiger partial charge in [0.1, 0.15) is 23.4 Å². The number of ether oxygens (including phenoxy) is 2. The first-order valence-corrected chi connectivity index (χ1v) is 11.3. The summed E-state index contributed by atoms with van der Waals surface area (Å²) >= 11 is 0. The van der Waals surface area contributed by atoms with E-state index in [4.69, 9.17) is 14.5 Å². The number of aromatic nitrogens is 1. The molecule has 0 aliphatic carbocycles. The summed E-state index contributed by atoms with van der Waals surface area (Å²) in [5, 5.41) is 6.70. The Morgan fingerprint density at radius 2 is 1.91 bits per heavy atom. The van der Waals surface area contributed by atoms with Crippen LogP contribution < -0.4 is 25.0 Å². The number of nitrogens with zero attached hydrogens (tertiary/aromatic N) is 4. The van der Waals surface area contributed by atoms with Crippen molar-refractivity contribution in [2.24, 2.45) is 4.99 Å². The first-order valence-electron chi connectivity index (χ1n) is 11.3. The van der Waals surface area contributed by atoms with Gasteiger partial charge in [-0.05, 0) is 39.1 Å². The molecule has 8 nitrogen and oxygen atoms in total. The van der Waals surface area contributed by atoms with E-state index in [2.05, 4.69) is 45.5 Å². The van der Waals surface area contributed by atoms with Crippen LogP contribution in [0.25, 0.3) is 0 Å². The topological polar surface area (TPSA) is 74.3 Å². The molecule has 0 radical (unpaired) electrons. The second-order valence-corrected chi connectivity index (χ2v) is 7.96.